The van der Waals surface area contributed by atoms with Crippen LogP contribution in [0.2, 0.25) is 0 Å². The third-order valence-corrected chi connectivity index (χ3v) is 4.87. The normalized spacial score (nSPS) is 15.6. The SMILES string of the molecule is COc1ccc(NC(=O)C2=C(C)Nc3ncnn3[C@@H]2c2ccccc2C)cc1. The van der Waals surface area contributed by atoms with Crippen molar-refractivity contribution in [3.05, 3.63) is 77.3 Å². The lowest BCUT2D eigenvalue weighted by atomic mass is 9.92. The summed E-state index contributed by atoms with van der Waals surface area (Å²) in [5.41, 5.74) is 4.13. The second-order valence-electron chi connectivity index (χ2n) is 6.63. The third-order valence-electron chi connectivity index (χ3n) is 4.87. The second kappa shape index (κ2) is 7.19. The van der Waals surface area contributed by atoms with Crippen molar-refractivity contribution in [3.8, 4) is 5.75 Å². The van der Waals surface area contributed by atoms with Crippen LogP contribution in [0.4, 0.5) is 11.6 Å². The predicted octanol–water partition coefficient (Wildman–Crippen LogP) is 3.52. The van der Waals surface area contributed by atoms with Gasteiger partial charge in [-0.05, 0) is 49.2 Å². The molecule has 4 rings (SSSR count). The van der Waals surface area contributed by atoms with E-state index < -0.39 is 0 Å². The number of methoxy groups -OCH3 is 1. The summed E-state index contributed by atoms with van der Waals surface area (Å²) in [6, 6.07) is 14.9. The number of carbonyl (C=O) groups is 1. The van der Waals surface area contributed by atoms with Crippen LogP contribution in [0.3, 0.4) is 0 Å². The second-order valence-corrected chi connectivity index (χ2v) is 6.63. The highest BCUT2D eigenvalue weighted by Gasteiger charge is 2.34. The van der Waals surface area contributed by atoms with Gasteiger partial charge in [0.1, 0.15) is 18.1 Å². The molecule has 0 bridgehead atoms. The molecule has 142 valence electrons. The number of allylic oxidation sites excluding steroid dienone is 1. The molecule has 1 amide bonds. The monoisotopic (exact) mass is 375 g/mol. The van der Waals surface area contributed by atoms with Crippen LogP contribution in [0.1, 0.15) is 24.1 Å². The quantitative estimate of drug-likeness (QED) is 0.729. The lowest BCUT2D eigenvalue weighted by molar-refractivity contribution is -0.113. The molecule has 0 fully saturated rings. The van der Waals surface area contributed by atoms with Gasteiger partial charge >= 0.3 is 0 Å². The van der Waals surface area contributed by atoms with Crippen molar-refractivity contribution in [1.82, 2.24) is 14.8 Å². The Labute approximate surface area is 163 Å². The topological polar surface area (TPSA) is 81.1 Å². The van der Waals surface area contributed by atoms with Crippen LogP contribution in [-0.2, 0) is 4.79 Å². The fourth-order valence-corrected chi connectivity index (χ4v) is 3.44. The molecule has 0 radical (unpaired) electrons. The van der Waals surface area contributed by atoms with E-state index in [0.29, 0.717) is 17.2 Å². The van der Waals surface area contributed by atoms with Crippen molar-refractivity contribution in [2.75, 3.05) is 17.7 Å². The minimum Gasteiger partial charge on any atom is -0.497 e. The maximum atomic E-state index is 13.3. The maximum absolute atomic E-state index is 13.3. The summed E-state index contributed by atoms with van der Waals surface area (Å²) in [7, 11) is 1.61. The van der Waals surface area contributed by atoms with Crippen LogP contribution in [0.15, 0.2) is 66.1 Å². The molecule has 0 saturated heterocycles. The number of anilines is 2. The predicted molar refractivity (Wildman–Crippen MR) is 107 cm³/mol. The lowest BCUT2D eigenvalue weighted by Gasteiger charge is -2.29. The maximum Gasteiger partial charge on any atom is 0.255 e. The van der Waals surface area contributed by atoms with E-state index in [-0.39, 0.29) is 11.9 Å². The van der Waals surface area contributed by atoms with Crippen LogP contribution in [0.5, 0.6) is 5.75 Å². The van der Waals surface area contributed by atoms with Gasteiger partial charge in [-0.15, -0.1) is 0 Å². The van der Waals surface area contributed by atoms with E-state index in [4.69, 9.17) is 4.74 Å². The molecule has 2 heterocycles. The first kappa shape index (κ1) is 17.8. The molecule has 1 aliphatic rings. The van der Waals surface area contributed by atoms with Gasteiger partial charge in [0.25, 0.3) is 5.91 Å². The van der Waals surface area contributed by atoms with Gasteiger partial charge in [-0.1, -0.05) is 24.3 Å². The Morgan fingerprint density at radius 2 is 1.89 bits per heavy atom. The van der Waals surface area contributed by atoms with E-state index in [0.717, 1.165) is 22.6 Å². The minimum absolute atomic E-state index is 0.190. The molecule has 0 unspecified atom stereocenters. The molecule has 2 N–H and O–H groups in total. The molecular formula is C21H21N5O2. The van der Waals surface area contributed by atoms with Crippen molar-refractivity contribution in [2.45, 2.75) is 19.9 Å². The highest BCUT2D eigenvalue weighted by atomic mass is 16.5. The summed E-state index contributed by atoms with van der Waals surface area (Å²) in [4.78, 5) is 17.5. The first-order valence-corrected chi connectivity index (χ1v) is 8.96. The Morgan fingerprint density at radius 1 is 1.14 bits per heavy atom. The molecule has 2 aromatic carbocycles. The summed E-state index contributed by atoms with van der Waals surface area (Å²) in [6.07, 6.45) is 1.49. The van der Waals surface area contributed by atoms with Crippen molar-refractivity contribution in [2.24, 2.45) is 0 Å². The Balaban J connectivity index is 1.74. The number of hydrogen-bond donors (Lipinski definition) is 2. The van der Waals surface area contributed by atoms with Crippen LogP contribution in [-0.4, -0.2) is 27.8 Å². The Hall–Kier alpha value is -3.61. The van der Waals surface area contributed by atoms with E-state index in [1.54, 1.807) is 11.8 Å². The molecular weight excluding hydrogens is 354 g/mol. The first-order chi connectivity index (χ1) is 13.6. The minimum atomic E-state index is -0.363. The molecule has 0 aliphatic carbocycles. The number of ether oxygens (including phenoxy) is 1. The molecule has 0 saturated carbocycles. The number of nitrogens with one attached hydrogen (secondary N) is 2. The number of fused-ring (bicyclic) bond motifs is 1. The number of carbonyl (C=O) groups excluding carboxylic acids is 1. The zero-order chi connectivity index (χ0) is 19.7. The summed E-state index contributed by atoms with van der Waals surface area (Å²) in [5.74, 6) is 1.16. The van der Waals surface area contributed by atoms with Crippen LogP contribution in [0, 0.1) is 6.92 Å². The number of amides is 1. The van der Waals surface area contributed by atoms with Gasteiger partial charge in [-0.2, -0.15) is 10.1 Å². The molecule has 7 nitrogen and oxygen atoms in total. The Morgan fingerprint density at radius 3 is 2.61 bits per heavy atom. The van der Waals surface area contributed by atoms with Gasteiger partial charge in [0.2, 0.25) is 5.95 Å². The summed E-state index contributed by atoms with van der Waals surface area (Å²) < 4.78 is 6.92. The van der Waals surface area contributed by atoms with Gasteiger partial charge in [0, 0.05) is 11.4 Å². The Bertz CT molecular complexity index is 1050. The van der Waals surface area contributed by atoms with Gasteiger partial charge < -0.3 is 15.4 Å². The summed E-state index contributed by atoms with van der Waals surface area (Å²) >= 11 is 0. The average Bonchev–Trinajstić information content (AvgIpc) is 3.16. The number of hydrogen-bond acceptors (Lipinski definition) is 5. The van der Waals surface area contributed by atoms with E-state index >= 15 is 0 Å². The van der Waals surface area contributed by atoms with Crippen molar-refractivity contribution in [1.29, 1.82) is 0 Å². The number of aryl methyl sites for hydroxylation is 1. The standard InChI is InChI=1S/C21H21N5O2/c1-13-6-4-5-7-17(13)19-18(14(2)24-21-22-12-23-26(19)21)20(27)25-15-8-10-16(28-3)11-9-15/h4-12,19H,1-3H3,(H,25,27)(H,22,23,24)/t19-/m1/s1. The highest BCUT2D eigenvalue weighted by Crippen LogP contribution is 2.36. The average molecular weight is 375 g/mol. The largest absolute Gasteiger partial charge is 0.497 e. The number of aromatic nitrogens is 3. The zero-order valence-electron chi connectivity index (χ0n) is 15.9. The van der Waals surface area contributed by atoms with E-state index in [1.165, 1.54) is 6.33 Å². The molecule has 28 heavy (non-hydrogen) atoms. The van der Waals surface area contributed by atoms with Gasteiger partial charge in [-0.3, -0.25) is 4.79 Å². The fourth-order valence-electron chi connectivity index (χ4n) is 3.44. The van der Waals surface area contributed by atoms with Crippen molar-refractivity contribution >= 4 is 17.5 Å². The Kier molecular flexibility index (Phi) is 4.57. The summed E-state index contributed by atoms with van der Waals surface area (Å²) in [5, 5.41) is 10.5. The smallest absolute Gasteiger partial charge is 0.255 e. The third kappa shape index (κ3) is 3.11. The van der Waals surface area contributed by atoms with Crippen molar-refractivity contribution < 1.29 is 9.53 Å². The van der Waals surface area contributed by atoms with Crippen LogP contribution < -0.4 is 15.4 Å². The van der Waals surface area contributed by atoms with Gasteiger partial charge in [0.05, 0.1) is 12.7 Å². The molecule has 1 aromatic heterocycles. The number of benzene rings is 2. The van der Waals surface area contributed by atoms with Crippen molar-refractivity contribution in [3.63, 3.8) is 0 Å². The lowest BCUT2D eigenvalue weighted by Crippen LogP contribution is -2.31. The molecule has 0 spiro atoms. The van der Waals surface area contributed by atoms with Crippen LogP contribution >= 0.6 is 0 Å². The van der Waals surface area contributed by atoms with Gasteiger partial charge in [0.15, 0.2) is 0 Å². The molecule has 3 aromatic rings. The number of nitrogens with zero attached hydrogens (tertiary/aromatic N) is 3. The fraction of sp³-hybridized carbons (Fsp3) is 0.190. The summed E-state index contributed by atoms with van der Waals surface area (Å²) in [6.45, 7) is 3.91. The molecule has 1 atom stereocenters. The first-order valence-electron chi connectivity index (χ1n) is 8.96. The van der Waals surface area contributed by atoms with E-state index in [9.17, 15) is 4.79 Å². The molecule has 7 heteroatoms. The van der Waals surface area contributed by atoms with E-state index in [1.807, 2.05) is 62.4 Å². The highest BCUT2D eigenvalue weighted by molar-refractivity contribution is 6.06. The van der Waals surface area contributed by atoms with Gasteiger partial charge in [-0.25, -0.2) is 4.68 Å². The zero-order valence-corrected chi connectivity index (χ0v) is 15.9. The van der Waals surface area contributed by atoms with Crippen LogP contribution in [0.25, 0.3) is 0 Å². The van der Waals surface area contributed by atoms with E-state index in [2.05, 4.69) is 20.7 Å². The number of rotatable bonds is 4. The molecule has 1 aliphatic heterocycles.